The van der Waals surface area contributed by atoms with Crippen LogP contribution in [0.15, 0.2) is 18.2 Å². The number of piperazine rings is 1. The van der Waals surface area contributed by atoms with Gasteiger partial charge < -0.3 is 19.9 Å². The van der Waals surface area contributed by atoms with Gasteiger partial charge in [0.25, 0.3) is 0 Å². The number of nitrogens with zero attached hydrogens (tertiary/aromatic N) is 4. The molecule has 1 aliphatic heterocycles. The molecule has 1 fully saturated rings. The van der Waals surface area contributed by atoms with Gasteiger partial charge in [-0.1, -0.05) is 0 Å². The first-order valence-electron chi connectivity index (χ1n) is 9.44. The maximum Gasteiger partial charge on any atom is 0.451 e. The van der Waals surface area contributed by atoms with Crippen LogP contribution in [0, 0.1) is 0 Å². The first-order chi connectivity index (χ1) is 13.4. The predicted octanol–water partition coefficient (Wildman–Crippen LogP) is 3.10. The minimum absolute atomic E-state index is 0.208. The topological polar surface area (TPSA) is 53.5 Å². The number of anilines is 1. The molecule has 1 aliphatic rings. The van der Waals surface area contributed by atoms with Gasteiger partial charge in [-0.3, -0.25) is 0 Å². The van der Waals surface area contributed by atoms with Crippen LogP contribution in [0.5, 0.6) is 5.75 Å². The highest BCUT2D eigenvalue weighted by atomic mass is 19.4. The molecule has 0 amide bonds. The molecule has 0 radical (unpaired) electrons. The van der Waals surface area contributed by atoms with E-state index in [1.54, 1.807) is 12.1 Å². The van der Waals surface area contributed by atoms with Crippen molar-refractivity contribution in [2.75, 3.05) is 58.7 Å². The quantitative estimate of drug-likeness (QED) is 0.725. The van der Waals surface area contributed by atoms with Gasteiger partial charge in [-0.2, -0.15) is 13.2 Å². The summed E-state index contributed by atoms with van der Waals surface area (Å²) in [5.41, 5.74) is 0.210. The summed E-state index contributed by atoms with van der Waals surface area (Å²) in [5, 5.41) is 3.61. The highest BCUT2D eigenvalue weighted by Gasteiger charge is 2.35. The fourth-order valence-electron chi connectivity index (χ4n) is 3.24. The number of likely N-dealkylation sites (N-methyl/N-ethyl adjacent to an activating group) is 1. The van der Waals surface area contributed by atoms with E-state index >= 15 is 0 Å². The van der Waals surface area contributed by atoms with Crippen LogP contribution in [-0.4, -0.2) is 73.2 Å². The number of hydrogen-bond acceptors (Lipinski definition) is 6. The lowest BCUT2D eigenvalue weighted by atomic mass is 10.2. The Morgan fingerprint density at radius 3 is 2.54 bits per heavy atom. The molecule has 1 aromatic heterocycles. The summed E-state index contributed by atoms with van der Waals surface area (Å²) in [6.07, 6.45) is -2.76. The van der Waals surface area contributed by atoms with Crippen LogP contribution < -0.4 is 10.1 Å². The second-order valence-corrected chi connectivity index (χ2v) is 7.06. The average molecular weight is 397 g/mol. The first kappa shape index (κ1) is 20.6. The van der Waals surface area contributed by atoms with Crippen LogP contribution in [-0.2, 0) is 6.18 Å². The molecule has 0 aliphatic carbocycles. The third kappa shape index (κ3) is 5.23. The van der Waals surface area contributed by atoms with Crippen molar-refractivity contribution in [3.8, 4) is 5.75 Å². The summed E-state index contributed by atoms with van der Waals surface area (Å²) in [6.45, 7) is 5.85. The summed E-state index contributed by atoms with van der Waals surface area (Å²) in [6, 6.07) is 4.86. The number of methoxy groups -OCH3 is 1. The molecule has 154 valence electrons. The van der Waals surface area contributed by atoms with E-state index in [1.165, 1.54) is 13.2 Å². The highest BCUT2D eigenvalue weighted by Crippen LogP contribution is 2.31. The molecule has 1 aromatic carbocycles. The number of fused-ring (bicyclic) bond motifs is 1. The van der Waals surface area contributed by atoms with Crippen LogP contribution >= 0.6 is 0 Å². The lowest BCUT2D eigenvalue weighted by Crippen LogP contribution is -2.44. The van der Waals surface area contributed by atoms with E-state index in [0.717, 1.165) is 45.6 Å². The maximum atomic E-state index is 13.2. The van der Waals surface area contributed by atoms with E-state index in [9.17, 15) is 13.2 Å². The minimum atomic E-state index is -4.60. The fourth-order valence-corrected chi connectivity index (χ4v) is 3.24. The van der Waals surface area contributed by atoms with Gasteiger partial charge in [0.15, 0.2) is 0 Å². The molecule has 6 nitrogen and oxygen atoms in total. The Balaban J connectivity index is 1.63. The summed E-state index contributed by atoms with van der Waals surface area (Å²) in [4.78, 5) is 12.1. The third-order valence-corrected chi connectivity index (χ3v) is 4.95. The molecular weight excluding hydrogens is 371 g/mol. The van der Waals surface area contributed by atoms with Crippen LogP contribution in [0.4, 0.5) is 19.0 Å². The average Bonchev–Trinajstić information content (AvgIpc) is 2.67. The molecule has 28 heavy (non-hydrogen) atoms. The molecule has 1 saturated heterocycles. The molecule has 1 N–H and O–H groups in total. The molecule has 2 aromatic rings. The predicted molar refractivity (Wildman–Crippen MR) is 103 cm³/mol. The second kappa shape index (κ2) is 8.91. The van der Waals surface area contributed by atoms with E-state index in [2.05, 4.69) is 32.1 Å². The van der Waals surface area contributed by atoms with Crippen molar-refractivity contribution in [3.05, 3.63) is 24.0 Å². The number of ether oxygens (including phenoxy) is 1. The number of nitrogens with one attached hydrogen (secondary N) is 1. The Morgan fingerprint density at radius 1 is 1.11 bits per heavy atom. The molecule has 0 unspecified atom stereocenters. The van der Waals surface area contributed by atoms with Crippen molar-refractivity contribution in [1.82, 2.24) is 19.8 Å². The largest absolute Gasteiger partial charge is 0.497 e. The standard InChI is InChI=1S/C19H26F3N5O/c1-26-9-11-27(12-10-26)8-4-3-7-23-17-15-6-5-14(28-2)13-16(15)24-18(25-17)19(20,21)22/h5-6,13H,3-4,7-12H2,1-2H3,(H,23,24,25). The van der Waals surface area contributed by atoms with Gasteiger partial charge in [0, 0.05) is 44.2 Å². The van der Waals surface area contributed by atoms with Crippen molar-refractivity contribution < 1.29 is 17.9 Å². The van der Waals surface area contributed by atoms with Crippen molar-refractivity contribution >= 4 is 16.7 Å². The Labute approximate surface area is 162 Å². The molecule has 2 heterocycles. The number of benzene rings is 1. The van der Waals surface area contributed by atoms with Crippen LogP contribution in [0.3, 0.4) is 0 Å². The minimum Gasteiger partial charge on any atom is -0.497 e. The van der Waals surface area contributed by atoms with Crippen LogP contribution in [0.1, 0.15) is 18.7 Å². The van der Waals surface area contributed by atoms with Gasteiger partial charge in [-0.15, -0.1) is 0 Å². The maximum absolute atomic E-state index is 13.2. The summed E-state index contributed by atoms with van der Waals surface area (Å²) in [5.74, 6) is -0.481. The zero-order valence-corrected chi connectivity index (χ0v) is 16.2. The summed E-state index contributed by atoms with van der Waals surface area (Å²) in [7, 11) is 3.59. The zero-order chi connectivity index (χ0) is 20.1. The summed E-state index contributed by atoms with van der Waals surface area (Å²) < 4.78 is 44.6. The van der Waals surface area contributed by atoms with Gasteiger partial charge in [-0.25, -0.2) is 9.97 Å². The highest BCUT2D eigenvalue weighted by molar-refractivity contribution is 5.90. The Morgan fingerprint density at radius 2 is 1.86 bits per heavy atom. The monoisotopic (exact) mass is 397 g/mol. The lowest BCUT2D eigenvalue weighted by molar-refractivity contribution is -0.144. The van der Waals surface area contributed by atoms with Crippen LogP contribution in [0.2, 0.25) is 0 Å². The lowest BCUT2D eigenvalue weighted by Gasteiger charge is -2.32. The smallest absolute Gasteiger partial charge is 0.451 e. The normalized spacial score (nSPS) is 16.5. The van der Waals surface area contributed by atoms with Crippen molar-refractivity contribution in [2.45, 2.75) is 19.0 Å². The number of halogens is 3. The molecule has 9 heteroatoms. The van der Waals surface area contributed by atoms with Crippen molar-refractivity contribution in [3.63, 3.8) is 0 Å². The van der Waals surface area contributed by atoms with Gasteiger partial charge in [0.05, 0.1) is 12.6 Å². The first-order valence-corrected chi connectivity index (χ1v) is 9.44. The van der Waals surface area contributed by atoms with Crippen molar-refractivity contribution in [2.24, 2.45) is 0 Å². The number of hydrogen-bond donors (Lipinski definition) is 1. The Kier molecular flexibility index (Phi) is 6.56. The summed E-state index contributed by atoms with van der Waals surface area (Å²) >= 11 is 0. The van der Waals surface area contributed by atoms with Gasteiger partial charge in [0.2, 0.25) is 5.82 Å². The van der Waals surface area contributed by atoms with Crippen LogP contribution in [0.25, 0.3) is 10.9 Å². The van der Waals surface area contributed by atoms with E-state index in [-0.39, 0.29) is 11.3 Å². The SMILES string of the molecule is COc1ccc2c(NCCCCN3CCN(C)CC3)nc(C(F)(F)F)nc2c1. The van der Waals surface area contributed by atoms with Gasteiger partial charge in [-0.05, 0) is 38.6 Å². The van der Waals surface area contributed by atoms with Gasteiger partial charge >= 0.3 is 6.18 Å². The molecular formula is C19H26F3N5O. The number of rotatable bonds is 7. The Bertz CT molecular complexity index is 791. The molecule has 3 rings (SSSR count). The van der Waals surface area contributed by atoms with Gasteiger partial charge in [0.1, 0.15) is 11.6 Å². The van der Waals surface area contributed by atoms with E-state index in [1.807, 2.05) is 0 Å². The molecule has 0 atom stereocenters. The molecule has 0 saturated carbocycles. The third-order valence-electron chi connectivity index (χ3n) is 4.95. The second-order valence-electron chi connectivity index (χ2n) is 7.06. The molecule has 0 spiro atoms. The Hall–Kier alpha value is -2.13. The number of aromatic nitrogens is 2. The number of unbranched alkanes of at least 4 members (excludes halogenated alkanes) is 1. The van der Waals surface area contributed by atoms with E-state index < -0.39 is 12.0 Å². The number of alkyl halides is 3. The molecule has 0 bridgehead atoms. The van der Waals surface area contributed by atoms with E-state index in [4.69, 9.17) is 4.74 Å². The van der Waals surface area contributed by atoms with E-state index in [0.29, 0.717) is 17.7 Å². The zero-order valence-electron chi connectivity index (χ0n) is 16.2. The van der Waals surface area contributed by atoms with Crippen molar-refractivity contribution in [1.29, 1.82) is 0 Å². The fraction of sp³-hybridized carbons (Fsp3) is 0.579.